The zero-order valence-electron chi connectivity index (χ0n) is 7.70. The largest absolute Gasteiger partial charge is 0.368 e. The van der Waals surface area contributed by atoms with Crippen molar-refractivity contribution >= 4 is 51.1 Å². The molecular weight excluding hydrogens is 273 g/mol. The summed E-state index contributed by atoms with van der Waals surface area (Å²) in [7, 11) is 0. The average Bonchev–Trinajstić information content (AvgIpc) is 2.75. The van der Waals surface area contributed by atoms with Gasteiger partial charge in [0.1, 0.15) is 5.00 Å². The molecule has 0 aliphatic carbocycles. The summed E-state index contributed by atoms with van der Waals surface area (Å²) in [4.78, 5) is 0. The number of hydrogen-bond acceptors (Lipinski definition) is 5. The van der Waals surface area contributed by atoms with Gasteiger partial charge in [0.15, 0.2) is 0 Å². The van der Waals surface area contributed by atoms with Crippen molar-refractivity contribution in [3.05, 3.63) is 26.5 Å². The second-order valence-electron chi connectivity index (χ2n) is 2.93. The molecule has 0 spiro atoms. The molecular formula is C8H7Cl2N3S2. The number of anilines is 1. The number of halogens is 2. The van der Waals surface area contributed by atoms with E-state index < -0.39 is 0 Å². The molecule has 2 aromatic heterocycles. The van der Waals surface area contributed by atoms with Crippen LogP contribution in [0.1, 0.15) is 18.5 Å². The van der Waals surface area contributed by atoms with Gasteiger partial charge >= 0.3 is 0 Å². The van der Waals surface area contributed by atoms with Crippen molar-refractivity contribution in [2.24, 2.45) is 0 Å². The molecule has 0 aliphatic heterocycles. The van der Waals surface area contributed by atoms with Gasteiger partial charge in [0, 0.05) is 17.1 Å². The van der Waals surface area contributed by atoms with Crippen LogP contribution >= 0.6 is 46.1 Å². The minimum Gasteiger partial charge on any atom is -0.368 e. The quantitative estimate of drug-likeness (QED) is 0.920. The highest BCUT2D eigenvalue weighted by molar-refractivity contribution is 7.20. The molecule has 15 heavy (non-hydrogen) atoms. The molecule has 0 saturated carbocycles. The predicted octanol–water partition coefficient (Wildman–Crippen LogP) is 4.08. The normalized spacial score (nSPS) is 12.7. The summed E-state index contributed by atoms with van der Waals surface area (Å²) in [6.45, 7) is 2.02. The average molecular weight is 280 g/mol. The minimum absolute atomic E-state index is 0.100. The van der Waals surface area contributed by atoms with Crippen LogP contribution in [0.2, 0.25) is 8.67 Å². The van der Waals surface area contributed by atoms with E-state index in [1.807, 2.05) is 13.0 Å². The van der Waals surface area contributed by atoms with Crippen LogP contribution in [-0.2, 0) is 0 Å². The molecule has 0 bridgehead atoms. The van der Waals surface area contributed by atoms with Gasteiger partial charge in [-0.15, -0.1) is 16.4 Å². The summed E-state index contributed by atoms with van der Waals surface area (Å²) in [5.74, 6) is 0. The molecule has 0 radical (unpaired) electrons. The smallest absolute Gasteiger partial charge is 0.130 e. The first-order valence-corrected chi connectivity index (χ1v) is 6.50. The summed E-state index contributed by atoms with van der Waals surface area (Å²) < 4.78 is 5.19. The van der Waals surface area contributed by atoms with Crippen LogP contribution in [0.3, 0.4) is 0 Å². The lowest BCUT2D eigenvalue weighted by molar-refractivity contribution is 0.894. The number of hydrogen-bond donors (Lipinski definition) is 1. The molecule has 1 N–H and O–H groups in total. The second kappa shape index (κ2) is 4.65. The molecule has 0 aliphatic rings. The molecule has 7 heteroatoms. The summed E-state index contributed by atoms with van der Waals surface area (Å²) in [6.07, 6.45) is 1.68. The number of nitrogens with zero attached hydrogens (tertiary/aromatic N) is 2. The molecule has 0 amide bonds. The predicted molar refractivity (Wildman–Crippen MR) is 66.3 cm³/mol. The van der Waals surface area contributed by atoms with Gasteiger partial charge in [-0.25, -0.2) is 0 Å². The van der Waals surface area contributed by atoms with Gasteiger partial charge in [-0.2, -0.15) is 0 Å². The molecule has 2 rings (SSSR count). The summed E-state index contributed by atoms with van der Waals surface area (Å²) in [6, 6.07) is 1.98. The van der Waals surface area contributed by atoms with Crippen molar-refractivity contribution in [1.82, 2.24) is 9.59 Å². The van der Waals surface area contributed by atoms with Crippen LogP contribution in [0.15, 0.2) is 12.3 Å². The van der Waals surface area contributed by atoms with Gasteiger partial charge in [-0.3, -0.25) is 0 Å². The van der Waals surface area contributed by atoms with Crippen molar-refractivity contribution in [3.8, 4) is 0 Å². The van der Waals surface area contributed by atoms with Crippen molar-refractivity contribution in [2.45, 2.75) is 13.0 Å². The van der Waals surface area contributed by atoms with Crippen LogP contribution in [0.5, 0.6) is 0 Å². The highest BCUT2D eigenvalue weighted by Gasteiger charge is 2.13. The summed E-state index contributed by atoms with van der Waals surface area (Å²) >= 11 is 14.6. The first-order valence-electron chi connectivity index (χ1n) is 4.15. The zero-order valence-corrected chi connectivity index (χ0v) is 10.8. The topological polar surface area (TPSA) is 37.8 Å². The van der Waals surface area contributed by atoms with Crippen molar-refractivity contribution in [1.29, 1.82) is 0 Å². The standard InChI is InChI=1S/C8H7Cl2N3S2/c1-4(12-7-3-11-13-15-7)5-2-6(9)14-8(5)10/h2-4,12H,1H3. The maximum absolute atomic E-state index is 6.05. The molecule has 0 saturated heterocycles. The van der Waals surface area contributed by atoms with Crippen LogP contribution in [0.25, 0.3) is 0 Å². The van der Waals surface area contributed by atoms with E-state index >= 15 is 0 Å². The second-order valence-corrected chi connectivity index (χ2v) is 6.00. The lowest BCUT2D eigenvalue weighted by atomic mass is 10.2. The Morgan fingerprint density at radius 1 is 1.47 bits per heavy atom. The van der Waals surface area contributed by atoms with E-state index in [1.165, 1.54) is 22.9 Å². The summed E-state index contributed by atoms with van der Waals surface area (Å²) in [5.41, 5.74) is 1.00. The molecule has 0 fully saturated rings. The fourth-order valence-electron chi connectivity index (χ4n) is 1.17. The Morgan fingerprint density at radius 3 is 2.80 bits per heavy atom. The molecule has 2 aromatic rings. The third-order valence-electron chi connectivity index (χ3n) is 1.87. The Bertz CT molecular complexity index is 441. The van der Waals surface area contributed by atoms with Gasteiger partial charge in [-0.05, 0) is 13.0 Å². The van der Waals surface area contributed by atoms with Crippen LogP contribution in [0.4, 0.5) is 5.00 Å². The van der Waals surface area contributed by atoms with E-state index in [1.54, 1.807) is 6.20 Å². The number of aromatic nitrogens is 2. The van der Waals surface area contributed by atoms with E-state index in [-0.39, 0.29) is 6.04 Å². The van der Waals surface area contributed by atoms with Crippen LogP contribution in [0, 0.1) is 0 Å². The van der Waals surface area contributed by atoms with Crippen molar-refractivity contribution in [3.63, 3.8) is 0 Å². The molecule has 80 valence electrons. The number of nitrogens with one attached hydrogen (secondary N) is 1. The van der Waals surface area contributed by atoms with Crippen LogP contribution in [-0.4, -0.2) is 9.59 Å². The SMILES string of the molecule is CC(Nc1cnns1)c1cc(Cl)sc1Cl. The Kier molecular flexibility index (Phi) is 3.45. The lowest BCUT2D eigenvalue weighted by Crippen LogP contribution is -2.04. The van der Waals surface area contributed by atoms with E-state index in [0.717, 1.165) is 14.9 Å². The summed E-state index contributed by atoms with van der Waals surface area (Å²) in [5, 5.41) is 7.91. The fourth-order valence-corrected chi connectivity index (χ4v) is 3.32. The van der Waals surface area contributed by atoms with Gasteiger partial charge in [0.05, 0.1) is 20.9 Å². The van der Waals surface area contributed by atoms with Crippen LogP contribution < -0.4 is 5.32 Å². The maximum Gasteiger partial charge on any atom is 0.130 e. The minimum atomic E-state index is 0.100. The lowest BCUT2D eigenvalue weighted by Gasteiger charge is -2.11. The third-order valence-corrected chi connectivity index (χ3v) is 3.98. The van der Waals surface area contributed by atoms with E-state index in [2.05, 4.69) is 14.9 Å². The Hall–Kier alpha value is -0.360. The zero-order chi connectivity index (χ0) is 10.8. The Morgan fingerprint density at radius 2 is 2.27 bits per heavy atom. The Labute approximate surface area is 105 Å². The molecule has 2 heterocycles. The fraction of sp³-hybridized carbons (Fsp3) is 0.250. The number of rotatable bonds is 3. The molecule has 0 aromatic carbocycles. The molecule has 1 atom stereocenters. The highest BCUT2D eigenvalue weighted by atomic mass is 35.5. The van der Waals surface area contributed by atoms with E-state index in [0.29, 0.717) is 4.34 Å². The number of thiophene rings is 1. The third kappa shape index (κ3) is 2.60. The van der Waals surface area contributed by atoms with E-state index in [9.17, 15) is 0 Å². The van der Waals surface area contributed by atoms with Crippen molar-refractivity contribution in [2.75, 3.05) is 5.32 Å². The monoisotopic (exact) mass is 279 g/mol. The van der Waals surface area contributed by atoms with E-state index in [4.69, 9.17) is 23.2 Å². The Balaban J connectivity index is 2.14. The highest BCUT2D eigenvalue weighted by Crippen LogP contribution is 2.36. The molecule has 3 nitrogen and oxygen atoms in total. The first-order chi connectivity index (χ1) is 7.16. The molecule has 1 unspecified atom stereocenters. The first kappa shape index (κ1) is 11.1. The van der Waals surface area contributed by atoms with Gasteiger partial charge < -0.3 is 5.32 Å². The van der Waals surface area contributed by atoms with Crippen molar-refractivity contribution < 1.29 is 0 Å². The van der Waals surface area contributed by atoms with Gasteiger partial charge in [0.2, 0.25) is 0 Å². The van der Waals surface area contributed by atoms with Gasteiger partial charge in [-0.1, -0.05) is 27.7 Å². The van der Waals surface area contributed by atoms with Gasteiger partial charge in [0.25, 0.3) is 0 Å². The maximum atomic E-state index is 6.05.